The Labute approximate surface area is 118 Å². The predicted octanol–water partition coefficient (Wildman–Crippen LogP) is 3.73. The molecule has 100 valence electrons. The molecule has 2 atom stereocenters. The van der Waals surface area contributed by atoms with Gasteiger partial charge < -0.3 is 4.74 Å². The Bertz CT molecular complexity index is 424. The molecule has 3 rings (SSSR count). The van der Waals surface area contributed by atoms with Crippen LogP contribution in [0.5, 0.6) is 0 Å². The van der Waals surface area contributed by atoms with Gasteiger partial charge in [0.1, 0.15) is 0 Å². The lowest BCUT2D eigenvalue weighted by atomic mass is 9.78. The lowest BCUT2D eigenvalue weighted by Crippen LogP contribution is -2.36. The van der Waals surface area contributed by atoms with Crippen LogP contribution in [-0.2, 0) is 11.2 Å². The molecule has 0 amide bonds. The number of hydrogen-bond acceptors (Lipinski definition) is 3. The molecule has 1 aromatic heterocycles. The largest absolute Gasteiger partial charge is 0.377 e. The topological polar surface area (TPSA) is 22.1 Å². The third-order valence-corrected chi connectivity index (χ3v) is 6.00. The summed E-state index contributed by atoms with van der Waals surface area (Å²) in [6, 6.07) is 0. The summed E-state index contributed by atoms with van der Waals surface area (Å²) in [5.74, 6) is 1.46. The van der Waals surface area contributed by atoms with Crippen molar-refractivity contribution in [2.24, 2.45) is 11.3 Å². The molecule has 0 N–H and O–H groups in total. The first-order valence-electron chi connectivity index (χ1n) is 6.75. The van der Waals surface area contributed by atoms with Crippen LogP contribution in [0.25, 0.3) is 0 Å². The summed E-state index contributed by atoms with van der Waals surface area (Å²) >= 11 is 8.15. The number of nitrogens with zero attached hydrogens (tertiary/aromatic N) is 1. The summed E-state index contributed by atoms with van der Waals surface area (Å²) in [6.07, 6.45) is 5.10. The number of rotatable bonds is 4. The van der Waals surface area contributed by atoms with Crippen molar-refractivity contribution in [2.75, 3.05) is 12.5 Å². The van der Waals surface area contributed by atoms with Crippen molar-refractivity contribution in [2.45, 2.75) is 45.6 Å². The number of hydrogen-bond donors (Lipinski definition) is 0. The second kappa shape index (κ2) is 4.77. The number of aromatic nitrogens is 1. The van der Waals surface area contributed by atoms with Crippen molar-refractivity contribution in [3.8, 4) is 0 Å². The summed E-state index contributed by atoms with van der Waals surface area (Å²) in [6.45, 7) is 5.11. The molecule has 0 spiro atoms. The van der Waals surface area contributed by atoms with E-state index in [-0.39, 0.29) is 5.41 Å². The monoisotopic (exact) mass is 285 g/mol. The summed E-state index contributed by atoms with van der Waals surface area (Å²) in [7, 11) is 0. The van der Waals surface area contributed by atoms with Crippen molar-refractivity contribution < 1.29 is 4.74 Å². The first-order valence-corrected chi connectivity index (χ1v) is 8.10. The van der Waals surface area contributed by atoms with E-state index in [1.54, 1.807) is 0 Å². The molecule has 1 saturated heterocycles. The second-order valence-corrected chi connectivity index (χ2v) is 7.36. The van der Waals surface area contributed by atoms with Gasteiger partial charge in [0.2, 0.25) is 0 Å². The Morgan fingerprint density at radius 3 is 2.78 bits per heavy atom. The van der Waals surface area contributed by atoms with Crippen molar-refractivity contribution >= 4 is 22.9 Å². The number of ether oxygens (including phenoxy) is 1. The van der Waals surface area contributed by atoms with E-state index in [9.17, 15) is 0 Å². The van der Waals surface area contributed by atoms with Gasteiger partial charge in [0.15, 0.2) is 0 Å². The van der Waals surface area contributed by atoms with Gasteiger partial charge in [-0.1, -0.05) is 0 Å². The normalized spacial score (nSPS) is 32.1. The fraction of sp³-hybridized carbons (Fsp3) is 0.786. The molecule has 2 fully saturated rings. The van der Waals surface area contributed by atoms with E-state index < -0.39 is 0 Å². The predicted molar refractivity (Wildman–Crippen MR) is 75.5 cm³/mol. The average Bonchev–Trinajstić information content (AvgIpc) is 3.03. The highest BCUT2D eigenvalue weighted by Crippen LogP contribution is 2.50. The molecule has 1 aromatic rings. The Balaban J connectivity index is 1.82. The minimum atomic E-state index is 0.138. The van der Waals surface area contributed by atoms with Crippen LogP contribution in [0.2, 0.25) is 0 Å². The molecule has 2 unspecified atom stereocenters. The Morgan fingerprint density at radius 2 is 2.22 bits per heavy atom. The summed E-state index contributed by atoms with van der Waals surface area (Å²) < 4.78 is 5.99. The zero-order valence-corrected chi connectivity index (χ0v) is 12.6. The summed E-state index contributed by atoms with van der Waals surface area (Å²) in [4.78, 5) is 6.02. The van der Waals surface area contributed by atoms with Crippen LogP contribution in [-0.4, -0.2) is 23.6 Å². The van der Waals surface area contributed by atoms with E-state index in [2.05, 4.69) is 18.8 Å². The molecular weight excluding hydrogens is 266 g/mol. The second-order valence-electron chi connectivity index (χ2n) is 5.80. The van der Waals surface area contributed by atoms with Gasteiger partial charge in [0.25, 0.3) is 0 Å². The van der Waals surface area contributed by atoms with Gasteiger partial charge in [-0.25, -0.2) is 4.98 Å². The number of halogens is 1. The Kier molecular flexibility index (Phi) is 3.41. The van der Waals surface area contributed by atoms with Crippen molar-refractivity contribution in [3.05, 3.63) is 15.6 Å². The molecule has 1 aliphatic heterocycles. The quantitative estimate of drug-likeness (QED) is 0.787. The smallest absolute Gasteiger partial charge is 0.0937 e. The zero-order valence-electron chi connectivity index (χ0n) is 11.0. The molecule has 1 saturated carbocycles. The molecule has 2 aliphatic rings. The minimum absolute atomic E-state index is 0.138. The molecule has 18 heavy (non-hydrogen) atoms. The molecular formula is C14H20ClNOS. The van der Waals surface area contributed by atoms with E-state index in [0.717, 1.165) is 25.4 Å². The van der Waals surface area contributed by atoms with Crippen molar-refractivity contribution in [1.82, 2.24) is 4.98 Å². The first-order chi connectivity index (χ1) is 8.64. The minimum Gasteiger partial charge on any atom is -0.377 e. The fourth-order valence-corrected chi connectivity index (χ4v) is 4.51. The molecule has 2 heterocycles. The molecule has 4 heteroatoms. The van der Waals surface area contributed by atoms with Crippen LogP contribution in [0.3, 0.4) is 0 Å². The Hall–Kier alpha value is -0.120. The summed E-state index contributed by atoms with van der Waals surface area (Å²) in [5, 5.41) is 1.24. The van der Waals surface area contributed by atoms with Gasteiger partial charge in [0.05, 0.1) is 16.8 Å². The van der Waals surface area contributed by atoms with Gasteiger partial charge in [-0.15, -0.1) is 22.9 Å². The highest BCUT2D eigenvalue weighted by molar-refractivity contribution is 7.11. The molecule has 0 radical (unpaired) electrons. The number of aryl methyl sites for hydroxylation is 2. The maximum atomic E-state index is 6.32. The fourth-order valence-electron chi connectivity index (χ4n) is 3.04. The first kappa shape index (κ1) is 12.9. The van der Waals surface area contributed by atoms with E-state index in [0.29, 0.717) is 12.0 Å². The SMILES string of the molecule is Cc1nc(CC2(CCl)CCOC2C2CC2)sc1C. The van der Waals surface area contributed by atoms with Gasteiger partial charge in [-0.05, 0) is 39.0 Å². The van der Waals surface area contributed by atoms with Crippen LogP contribution in [0.4, 0.5) is 0 Å². The average molecular weight is 286 g/mol. The van der Waals surface area contributed by atoms with Crippen LogP contribution in [0, 0.1) is 25.2 Å². The maximum Gasteiger partial charge on any atom is 0.0937 e. The Morgan fingerprint density at radius 1 is 1.44 bits per heavy atom. The van der Waals surface area contributed by atoms with Gasteiger partial charge in [-0.2, -0.15) is 0 Å². The summed E-state index contributed by atoms with van der Waals surface area (Å²) in [5.41, 5.74) is 1.31. The van der Waals surface area contributed by atoms with Gasteiger partial charge in [0, 0.05) is 29.2 Å². The van der Waals surface area contributed by atoms with E-state index in [4.69, 9.17) is 16.3 Å². The third-order valence-electron chi connectivity index (χ3n) is 4.39. The highest BCUT2D eigenvalue weighted by atomic mass is 35.5. The van der Waals surface area contributed by atoms with Gasteiger partial charge in [-0.3, -0.25) is 0 Å². The zero-order chi connectivity index (χ0) is 12.8. The maximum absolute atomic E-state index is 6.32. The number of thiazole rings is 1. The van der Waals surface area contributed by atoms with Crippen molar-refractivity contribution in [1.29, 1.82) is 0 Å². The lowest BCUT2D eigenvalue weighted by molar-refractivity contribution is 0.0402. The van der Waals surface area contributed by atoms with Gasteiger partial charge >= 0.3 is 0 Å². The highest BCUT2D eigenvalue weighted by Gasteiger charge is 2.50. The number of alkyl halides is 1. The van der Waals surface area contributed by atoms with Crippen LogP contribution < -0.4 is 0 Å². The molecule has 0 bridgehead atoms. The third kappa shape index (κ3) is 2.21. The van der Waals surface area contributed by atoms with Crippen LogP contribution in [0.1, 0.15) is 34.8 Å². The van der Waals surface area contributed by atoms with Crippen LogP contribution >= 0.6 is 22.9 Å². The molecule has 0 aromatic carbocycles. The standard InChI is InChI=1S/C14H20ClNOS/c1-9-10(2)18-12(16-9)7-14(8-15)5-6-17-13(14)11-3-4-11/h11,13H,3-8H2,1-2H3. The lowest BCUT2D eigenvalue weighted by Gasteiger charge is -2.31. The molecule has 2 nitrogen and oxygen atoms in total. The van der Waals surface area contributed by atoms with E-state index >= 15 is 0 Å². The van der Waals surface area contributed by atoms with Crippen molar-refractivity contribution in [3.63, 3.8) is 0 Å². The molecule has 1 aliphatic carbocycles. The van der Waals surface area contributed by atoms with E-state index in [1.165, 1.54) is 28.4 Å². The van der Waals surface area contributed by atoms with Crippen LogP contribution in [0.15, 0.2) is 0 Å². The van der Waals surface area contributed by atoms with E-state index in [1.807, 2.05) is 11.3 Å².